The SMILES string of the molecule is O=C(N[C@@H](Cc1ccccc1)C(=O)O)c1cc(C2CC2)on1. The molecular weight excluding hydrogens is 284 g/mol. The molecule has 0 aliphatic heterocycles. The Balaban J connectivity index is 1.67. The molecule has 1 heterocycles. The van der Waals surface area contributed by atoms with E-state index in [0.717, 1.165) is 18.4 Å². The Morgan fingerprint density at radius 2 is 2.05 bits per heavy atom. The standard InChI is InChI=1S/C16H16N2O4/c19-15(12-9-14(22-18-12)11-6-7-11)17-13(16(20)21)8-10-4-2-1-3-5-10/h1-5,9,11,13H,6-8H2,(H,17,19)(H,20,21)/t13-/m0/s1. The smallest absolute Gasteiger partial charge is 0.326 e. The lowest BCUT2D eigenvalue weighted by atomic mass is 10.1. The van der Waals surface area contributed by atoms with Gasteiger partial charge in [0.1, 0.15) is 11.8 Å². The molecule has 0 spiro atoms. The van der Waals surface area contributed by atoms with Crippen molar-refractivity contribution in [3.05, 3.63) is 53.4 Å². The van der Waals surface area contributed by atoms with Crippen LogP contribution in [-0.2, 0) is 11.2 Å². The fourth-order valence-corrected chi connectivity index (χ4v) is 2.24. The molecule has 1 fully saturated rings. The van der Waals surface area contributed by atoms with Gasteiger partial charge in [0.25, 0.3) is 5.91 Å². The van der Waals surface area contributed by atoms with Crippen LogP contribution in [0, 0.1) is 0 Å². The van der Waals surface area contributed by atoms with Gasteiger partial charge in [0.2, 0.25) is 0 Å². The molecule has 1 aliphatic rings. The second-order valence-corrected chi connectivity index (χ2v) is 5.44. The molecule has 1 saturated carbocycles. The highest BCUT2D eigenvalue weighted by Crippen LogP contribution is 2.40. The maximum absolute atomic E-state index is 12.1. The van der Waals surface area contributed by atoms with E-state index >= 15 is 0 Å². The highest BCUT2D eigenvalue weighted by atomic mass is 16.5. The molecule has 1 atom stereocenters. The van der Waals surface area contributed by atoms with Gasteiger partial charge in [0.15, 0.2) is 5.69 Å². The van der Waals surface area contributed by atoms with Crippen molar-refractivity contribution >= 4 is 11.9 Å². The zero-order chi connectivity index (χ0) is 15.5. The van der Waals surface area contributed by atoms with Gasteiger partial charge in [-0.25, -0.2) is 4.79 Å². The Morgan fingerprint density at radius 1 is 1.32 bits per heavy atom. The Bertz CT molecular complexity index is 676. The van der Waals surface area contributed by atoms with Crippen molar-refractivity contribution in [3.63, 3.8) is 0 Å². The summed E-state index contributed by atoms with van der Waals surface area (Å²) in [5.74, 6) is -0.559. The van der Waals surface area contributed by atoms with E-state index in [9.17, 15) is 14.7 Å². The van der Waals surface area contributed by atoms with Gasteiger partial charge in [0.05, 0.1) is 0 Å². The van der Waals surface area contributed by atoms with Crippen molar-refractivity contribution in [3.8, 4) is 0 Å². The van der Waals surface area contributed by atoms with E-state index in [2.05, 4.69) is 10.5 Å². The highest BCUT2D eigenvalue weighted by molar-refractivity contribution is 5.95. The van der Waals surface area contributed by atoms with Crippen LogP contribution in [0.2, 0.25) is 0 Å². The molecule has 1 aromatic heterocycles. The van der Waals surface area contributed by atoms with Crippen LogP contribution in [0.3, 0.4) is 0 Å². The van der Waals surface area contributed by atoms with Crippen LogP contribution in [0.1, 0.15) is 40.6 Å². The zero-order valence-electron chi connectivity index (χ0n) is 11.9. The number of nitrogens with one attached hydrogen (secondary N) is 1. The fourth-order valence-electron chi connectivity index (χ4n) is 2.24. The molecule has 1 aromatic carbocycles. The number of aliphatic carboxylic acids is 1. The maximum Gasteiger partial charge on any atom is 0.326 e. The van der Waals surface area contributed by atoms with Crippen LogP contribution in [0.4, 0.5) is 0 Å². The number of carbonyl (C=O) groups excluding carboxylic acids is 1. The number of carboxylic acids is 1. The molecule has 2 N–H and O–H groups in total. The van der Waals surface area contributed by atoms with Gasteiger partial charge >= 0.3 is 5.97 Å². The summed E-state index contributed by atoms with van der Waals surface area (Å²) in [5.41, 5.74) is 0.968. The molecule has 1 aliphatic carbocycles. The third kappa shape index (κ3) is 3.33. The Hall–Kier alpha value is -2.63. The average Bonchev–Trinajstić information content (AvgIpc) is 3.24. The minimum atomic E-state index is -1.08. The second kappa shape index (κ2) is 6.01. The van der Waals surface area contributed by atoms with E-state index in [-0.39, 0.29) is 12.1 Å². The first kappa shape index (κ1) is 14.3. The van der Waals surface area contributed by atoms with Crippen molar-refractivity contribution in [2.45, 2.75) is 31.2 Å². The molecule has 2 aromatic rings. The third-order valence-corrected chi connectivity index (χ3v) is 3.63. The summed E-state index contributed by atoms with van der Waals surface area (Å²) in [5, 5.41) is 15.5. The summed E-state index contributed by atoms with van der Waals surface area (Å²) in [6.45, 7) is 0. The first-order chi connectivity index (χ1) is 10.6. The first-order valence-electron chi connectivity index (χ1n) is 7.17. The van der Waals surface area contributed by atoms with Gasteiger partial charge in [-0.15, -0.1) is 0 Å². The molecule has 1 amide bonds. The van der Waals surface area contributed by atoms with Crippen LogP contribution in [0.25, 0.3) is 0 Å². The topological polar surface area (TPSA) is 92.4 Å². The molecule has 22 heavy (non-hydrogen) atoms. The minimum Gasteiger partial charge on any atom is -0.480 e. The summed E-state index contributed by atoms with van der Waals surface area (Å²) in [6, 6.07) is 9.75. The molecule has 6 nitrogen and oxygen atoms in total. The van der Waals surface area contributed by atoms with Crippen molar-refractivity contribution in [1.29, 1.82) is 0 Å². The zero-order valence-corrected chi connectivity index (χ0v) is 11.9. The molecule has 0 bridgehead atoms. The van der Waals surface area contributed by atoms with Crippen LogP contribution >= 0.6 is 0 Å². The molecule has 6 heteroatoms. The summed E-state index contributed by atoms with van der Waals surface area (Å²) < 4.78 is 5.11. The van der Waals surface area contributed by atoms with E-state index in [1.807, 2.05) is 30.3 Å². The normalized spacial score (nSPS) is 15.3. The van der Waals surface area contributed by atoms with Crippen molar-refractivity contribution in [2.24, 2.45) is 0 Å². The fraction of sp³-hybridized carbons (Fsp3) is 0.312. The monoisotopic (exact) mass is 300 g/mol. The molecular formula is C16H16N2O4. The number of hydrogen-bond acceptors (Lipinski definition) is 4. The second-order valence-electron chi connectivity index (χ2n) is 5.44. The number of amides is 1. The Morgan fingerprint density at radius 3 is 2.68 bits per heavy atom. The number of carboxylic acid groups (broad SMARTS) is 1. The van der Waals surface area contributed by atoms with E-state index < -0.39 is 17.9 Å². The Kier molecular flexibility index (Phi) is 3.91. The number of aromatic nitrogens is 1. The number of benzene rings is 1. The van der Waals surface area contributed by atoms with Gasteiger partial charge in [-0.3, -0.25) is 4.79 Å². The van der Waals surface area contributed by atoms with Gasteiger partial charge in [-0.1, -0.05) is 35.5 Å². The van der Waals surface area contributed by atoms with E-state index in [1.54, 1.807) is 6.07 Å². The highest BCUT2D eigenvalue weighted by Gasteiger charge is 2.29. The lowest BCUT2D eigenvalue weighted by Crippen LogP contribution is -2.42. The van der Waals surface area contributed by atoms with E-state index in [4.69, 9.17) is 4.52 Å². The van der Waals surface area contributed by atoms with Crippen LogP contribution in [0.5, 0.6) is 0 Å². The number of rotatable bonds is 6. The molecule has 114 valence electrons. The molecule has 0 saturated heterocycles. The van der Waals surface area contributed by atoms with Crippen molar-refractivity contribution in [2.75, 3.05) is 0 Å². The maximum atomic E-state index is 12.1. The largest absolute Gasteiger partial charge is 0.480 e. The molecule has 0 radical (unpaired) electrons. The predicted octanol–water partition coefficient (Wildman–Crippen LogP) is 1.98. The molecule has 3 rings (SSSR count). The number of nitrogens with zero attached hydrogens (tertiary/aromatic N) is 1. The molecule has 0 unspecified atom stereocenters. The van der Waals surface area contributed by atoms with Gasteiger partial charge in [-0.2, -0.15) is 0 Å². The van der Waals surface area contributed by atoms with Crippen molar-refractivity contribution < 1.29 is 19.2 Å². The van der Waals surface area contributed by atoms with Gasteiger partial charge < -0.3 is 14.9 Å². The quantitative estimate of drug-likeness (QED) is 0.851. The lowest BCUT2D eigenvalue weighted by Gasteiger charge is -2.13. The summed E-state index contributed by atoms with van der Waals surface area (Å²) >= 11 is 0. The summed E-state index contributed by atoms with van der Waals surface area (Å²) in [7, 11) is 0. The summed E-state index contributed by atoms with van der Waals surface area (Å²) in [4.78, 5) is 23.4. The van der Waals surface area contributed by atoms with Crippen molar-refractivity contribution in [1.82, 2.24) is 10.5 Å². The van der Waals surface area contributed by atoms with Gasteiger partial charge in [-0.05, 0) is 18.4 Å². The predicted molar refractivity (Wildman–Crippen MR) is 77.5 cm³/mol. The number of hydrogen-bond donors (Lipinski definition) is 2. The summed E-state index contributed by atoms with van der Waals surface area (Å²) in [6.07, 6.45) is 2.30. The number of carbonyl (C=O) groups is 2. The van der Waals surface area contributed by atoms with Crippen LogP contribution < -0.4 is 5.32 Å². The average molecular weight is 300 g/mol. The van der Waals surface area contributed by atoms with E-state index in [1.165, 1.54) is 0 Å². The van der Waals surface area contributed by atoms with Crippen LogP contribution in [0.15, 0.2) is 40.9 Å². The first-order valence-corrected chi connectivity index (χ1v) is 7.17. The van der Waals surface area contributed by atoms with Gasteiger partial charge in [0, 0.05) is 18.4 Å². The minimum absolute atomic E-state index is 0.126. The third-order valence-electron chi connectivity index (χ3n) is 3.63. The van der Waals surface area contributed by atoms with E-state index in [0.29, 0.717) is 11.7 Å². The van der Waals surface area contributed by atoms with Crippen LogP contribution in [-0.4, -0.2) is 28.2 Å². The Labute approximate surface area is 127 Å². The lowest BCUT2D eigenvalue weighted by molar-refractivity contribution is -0.139.